The van der Waals surface area contributed by atoms with Gasteiger partial charge in [0.1, 0.15) is 0 Å². The lowest BCUT2D eigenvalue weighted by Crippen LogP contribution is -2.21. The number of nitrogens with zero attached hydrogens (tertiary/aromatic N) is 3. The predicted molar refractivity (Wildman–Crippen MR) is 90.3 cm³/mol. The van der Waals surface area contributed by atoms with Gasteiger partial charge in [-0.25, -0.2) is 9.83 Å². The van der Waals surface area contributed by atoms with E-state index in [1.54, 1.807) is 30.6 Å². The summed E-state index contributed by atoms with van der Waals surface area (Å²) < 4.78 is 2.43. The average Bonchev–Trinajstić information content (AvgIpc) is 3.22. The number of hydrogen-bond acceptors (Lipinski definition) is 3. The Labute approximate surface area is 142 Å². The van der Waals surface area contributed by atoms with E-state index in [2.05, 4.69) is 15.1 Å². The highest BCUT2D eigenvalue weighted by Gasteiger charge is 2.09. The first-order valence-electron chi connectivity index (χ1n) is 6.70. The number of carbonyl (C=O) groups excluding carboxylic acids is 1. The summed E-state index contributed by atoms with van der Waals surface area (Å²) in [5, 5.41) is 2.81. The Morgan fingerprint density at radius 1 is 1.30 bits per heavy atom. The topological polar surface area (TPSA) is 51.3 Å². The van der Waals surface area contributed by atoms with Crippen LogP contribution >= 0.6 is 22.9 Å². The van der Waals surface area contributed by atoms with E-state index in [4.69, 9.17) is 18.2 Å². The fourth-order valence-corrected chi connectivity index (χ4v) is 2.95. The molecule has 0 fully saturated rings. The highest BCUT2D eigenvalue weighted by Crippen LogP contribution is 2.21. The molecule has 5 nitrogen and oxygen atoms in total. The molecule has 2 aromatic heterocycles. The summed E-state index contributed by atoms with van der Waals surface area (Å²) >= 11 is 7.06. The van der Waals surface area contributed by atoms with Gasteiger partial charge < -0.3 is 9.88 Å². The number of amides is 1. The minimum Gasteiger partial charge on any atom is -0.346 e. The SMILES string of the molecule is [C-]#[N+]c1ccc(-n2cnc(CNC(=O)c3ccc(Cl)s3)c2)cc1. The molecule has 2 heterocycles. The molecule has 3 rings (SSSR count). The molecule has 0 bridgehead atoms. The standard InChI is InChI=1S/C16H11ClN4OS/c1-18-11-2-4-13(5-3-11)21-9-12(20-10-21)8-19-16(22)14-6-7-15(17)23-14/h2-7,9-10H,8H2,(H,19,22). The first-order valence-corrected chi connectivity index (χ1v) is 7.89. The molecular weight excluding hydrogens is 332 g/mol. The molecule has 0 atom stereocenters. The summed E-state index contributed by atoms with van der Waals surface area (Å²) in [6, 6.07) is 10.6. The van der Waals surface area contributed by atoms with Crippen molar-refractivity contribution in [1.82, 2.24) is 14.9 Å². The van der Waals surface area contributed by atoms with Crippen molar-refractivity contribution in [2.75, 3.05) is 0 Å². The lowest BCUT2D eigenvalue weighted by atomic mass is 10.3. The highest BCUT2D eigenvalue weighted by atomic mass is 35.5. The molecule has 0 aliphatic heterocycles. The van der Waals surface area contributed by atoms with Crippen molar-refractivity contribution in [3.63, 3.8) is 0 Å². The number of imidazole rings is 1. The van der Waals surface area contributed by atoms with Crippen LogP contribution in [0.1, 0.15) is 15.4 Å². The number of rotatable bonds is 4. The van der Waals surface area contributed by atoms with E-state index in [0.29, 0.717) is 21.4 Å². The second-order valence-electron chi connectivity index (χ2n) is 4.69. The Bertz CT molecular complexity index is 876. The van der Waals surface area contributed by atoms with Gasteiger partial charge in [-0.2, -0.15) is 0 Å². The minimum absolute atomic E-state index is 0.169. The second kappa shape index (κ2) is 6.65. The smallest absolute Gasteiger partial charge is 0.261 e. The number of carbonyl (C=O) groups is 1. The van der Waals surface area contributed by atoms with Crippen LogP contribution in [-0.4, -0.2) is 15.5 Å². The van der Waals surface area contributed by atoms with Crippen LogP contribution in [0.5, 0.6) is 0 Å². The van der Waals surface area contributed by atoms with Gasteiger partial charge in [0.25, 0.3) is 5.91 Å². The maximum atomic E-state index is 12.0. The highest BCUT2D eigenvalue weighted by molar-refractivity contribution is 7.17. The molecule has 0 spiro atoms. The summed E-state index contributed by atoms with van der Waals surface area (Å²) in [4.78, 5) is 20.2. The van der Waals surface area contributed by atoms with E-state index in [1.165, 1.54) is 11.3 Å². The molecule has 23 heavy (non-hydrogen) atoms. The molecule has 114 valence electrons. The molecular formula is C16H11ClN4OS. The van der Waals surface area contributed by atoms with Crippen molar-refractivity contribution in [1.29, 1.82) is 0 Å². The van der Waals surface area contributed by atoms with Crippen molar-refractivity contribution in [3.8, 4) is 5.69 Å². The second-order valence-corrected chi connectivity index (χ2v) is 6.40. The quantitative estimate of drug-likeness (QED) is 0.727. The molecule has 0 aliphatic carbocycles. The Morgan fingerprint density at radius 2 is 2.09 bits per heavy atom. The summed E-state index contributed by atoms with van der Waals surface area (Å²) in [5.41, 5.74) is 2.25. The van der Waals surface area contributed by atoms with Gasteiger partial charge in [-0.15, -0.1) is 11.3 Å². The number of nitrogens with one attached hydrogen (secondary N) is 1. The van der Waals surface area contributed by atoms with E-state index in [9.17, 15) is 4.79 Å². The van der Waals surface area contributed by atoms with Crippen LogP contribution in [0.25, 0.3) is 10.5 Å². The van der Waals surface area contributed by atoms with Gasteiger partial charge >= 0.3 is 0 Å². The molecule has 1 N–H and O–H groups in total. The largest absolute Gasteiger partial charge is 0.346 e. The molecule has 1 aromatic carbocycles. The Hall–Kier alpha value is -2.62. The molecule has 0 aliphatic rings. The van der Waals surface area contributed by atoms with E-state index in [1.807, 2.05) is 22.9 Å². The van der Waals surface area contributed by atoms with Gasteiger partial charge in [0.15, 0.2) is 5.69 Å². The van der Waals surface area contributed by atoms with Crippen molar-refractivity contribution in [3.05, 3.63) is 75.2 Å². The summed E-state index contributed by atoms with van der Waals surface area (Å²) in [5.74, 6) is -0.169. The van der Waals surface area contributed by atoms with Crippen molar-refractivity contribution in [2.24, 2.45) is 0 Å². The first kappa shape index (κ1) is 15.3. The monoisotopic (exact) mass is 342 g/mol. The van der Waals surface area contributed by atoms with Crippen LogP contribution in [0.15, 0.2) is 48.9 Å². The molecule has 3 aromatic rings. The van der Waals surface area contributed by atoms with Gasteiger partial charge in [0.2, 0.25) is 0 Å². The Kier molecular flexibility index (Phi) is 4.42. The van der Waals surface area contributed by atoms with Crippen molar-refractivity contribution >= 4 is 34.5 Å². The van der Waals surface area contributed by atoms with Crippen LogP contribution in [0, 0.1) is 6.57 Å². The van der Waals surface area contributed by atoms with Gasteiger partial charge in [0.05, 0.1) is 34.4 Å². The van der Waals surface area contributed by atoms with Gasteiger partial charge in [-0.1, -0.05) is 23.7 Å². The number of aromatic nitrogens is 2. The Balaban J connectivity index is 1.65. The van der Waals surface area contributed by atoms with Crippen LogP contribution in [0.4, 0.5) is 5.69 Å². The van der Waals surface area contributed by atoms with Crippen LogP contribution in [0.2, 0.25) is 4.34 Å². The maximum Gasteiger partial charge on any atom is 0.261 e. The third-order valence-electron chi connectivity index (χ3n) is 3.14. The molecule has 7 heteroatoms. The fourth-order valence-electron chi connectivity index (χ4n) is 1.99. The van der Waals surface area contributed by atoms with E-state index in [0.717, 1.165) is 11.4 Å². The lowest BCUT2D eigenvalue weighted by molar-refractivity contribution is 0.0954. The number of hydrogen-bond donors (Lipinski definition) is 1. The average molecular weight is 343 g/mol. The third kappa shape index (κ3) is 3.59. The molecule has 0 saturated carbocycles. The van der Waals surface area contributed by atoms with Crippen LogP contribution in [0.3, 0.4) is 0 Å². The van der Waals surface area contributed by atoms with E-state index >= 15 is 0 Å². The van der Waals surface area contributed by atoms with Crippen molar-refractivity contribution < 1.29 is 4.79 Å². The maximum absolute atomic E-state index is 12.0. The summed E-state index contributed by atoms with van der Waals surface area (Å²) in [6.07, 6.45) is 3.52. The van der Waals surface area contributed by atoms with Gasteiger partial charge in [-0.3, -0.25) is 4.79 Å². The van der Waals surface area contributed by atoms with Crippen LogP contribution < -0.4 is 5.32 Å². The summed E-state index contributed by atoms with van der Waals surface area (Å²) in [6.45, 7) is 7.28. The van der Waals surface area contributed by atoms with Crippen LogP contribution in [-0.2, 0) is 6.54 Å². The number of thiophene rings is 1. The third-order valence-corrected chi connectivity index (χ3v) is 4.37. The lowest BCUT2D eigenvalue weighted by Gasteiger charge is -2.02. The molecule has 0 radical (unpaired) electrons. The van der Waals surface area contributed by atoms with Gasteiger partial charge in [-0.05, 0) is 24.3 Å². The zero-order chi connectivity index (χ0) is 16.2. The number of benzene rings is 1. The molecule has 1 amide bonds. The zero-order valence-electron chi connectivity index (χ0n) is 11.9. The summed E-state index contributed by atoms with van der Waals surface area (Å²) in [7, 11) is 0. The number of halogens is 1. The predicted octanol–water partition coefficient (Wildman–Crippen LogP) is 4.07. The zero-order valence-corrected chi connectivity index (χ0v) is 13.4. The van der Waals surface area contributed by atoms with E-state index < -0.39 is 0 Å². The van der Waals surface area contributed by atoms with Gasteiger partial charge in [0, 0.05) is 11.9 Å². The normalized spacial score (nSPS) is 10.3. The Morgan fingerprint density at radius 3 is 2.74 bits per heavy atom. The first-order chi connectivity index (χ1) is 11.2. The molecule has 0 unspecified atom stereocenters. The minimum atomic E-state index is -0.169. The fraction of sp³-hybridized carbons (Fsp3) is 0.0625. The molecule has 0 saturated heterocycles. The van der Waals surface area contributed by atoms with Crippen molar-refractivity contribution in [2.45, 2.75) is 6.54 Å². The van der Waals surface area contributed by atoms with E-state index in [-0.39, 0.29) is 5.91 Å².